The molecule has 0 aliphatic carbocycles. The first-order valence-corrected chi connectivity index (χ1v) is 4.98. The number of hydrogen-bond donors (Lipinski definition) is 2. The van der Waals surface area contributed by atoms with E-state index in [1.807, 2.05) is 0 Å². The van der Waals surface area contributed by atoms with E-state index in [1.54, 1.807) is 24.3 Å². The van der Waals surface area contributed by atoms with Gasteiger partial charge in [-0.2, -0.15) is 0 Å². The minimum Gasteiger partial charge on any atom is -0.492 e. The quantitative estimate of drug-likeness (QED) is 0.742. The Bertz CT molecular complexity index is 325. The Morgan fingerprint density at radius 2 is 2.06 bits per heavy atom. The Labute approximate surface area is 94.5 Å². The van der Waals surface area contributed by atoms with E-state index in [0.717, 1.165) is 5.75 Å². The summed E-state index contributed by atoms with van der Waals surface area (Å²) >= 11 is 0. The molecule has 1 rings (SSSR count). The SMILES string of the molecule is COCC(=O)Nc1ccc(OCCN)cc1. The molecule has 1 aromatic carbocycles. The molecule has 3 N–H and O–H groups in total. The Hall–Kier alpha value is -1.59. The minimum absolute atomic E-state index is 0.0470. The monoisotopic (exact) mass is 224 g/mol. The van der Waals surface area contributed by atoms with Gasteiger partial charge < -0.3 is 20.5 Å². The van der Waals surface area contributed by atoms with E-state index in [9.17, 15) is 4.79 Å². The van der Waals surface area contributed by atoms with E-state index in [2.05, 4.69) is 5.32 Å². The molecule has 0 saturated heterocycles. The van der Waals surface area contributed by atoms with Crippen molar-refractivity contribution in [2.24, 2.45) is 5.73 Å². The van der Waals surface area contributed by atoms with Crippen LogP contribution in [0.5, 0.6) is 5.75 Å². The molecule has 0 aromatic heterocycles. The summed E-state index contributed by atoms with van der Waals surface area (Å²) in [6.45, 7) is 1.01. The zero-order valence-electron chi connectivity index (χ0n) is 9.23. The lowest BCUT2D eigenvalue weighted by Crippen LogP contribution is -2.17. The van der Waals surface area contributed by atoms with Crippen LogP contribution in [0.4, 0.5) is 5.69 Å². The highest BCUT2D eigenvalue weighted by Crippen LogP contribution is 2.15. The molecule has 0 spiro atoms. The Morgan fingerprint density at radius 1 is 1.38 bits per heavy atom. The maximum atomic E-state index is 11.2. The fraction of sp³-hybridized carbons (Fsp3) is 0.364. The van der Waals surface area contributed by atoms with Crippen LogP contribution in [0.2, 0.25) is 0 Å². The summed E-state index contributed by atoms with van der Waals surface area (Å²) in [7, 11) is 1.48. The molecule has 0 aliphatic rings. The standard InChI is InChI=1S/C11H16N2O3/c1-15-8-11(14)13-9-2-4-10(5-3-9)16-7-6-12/h2-5H,6-8,12H2,1H3,(H,13,14). The van der Waals surface area contributed by atoms with Gasteiger partial charge in [0.2, 0.25) is 5.91 Å². The third-order valence-electron chi connectivity index (χ3n) is 1.80. The molecule has 0 radical (unpaired) electrons. The lowest BCUT2D eigenvalue weighted by Gasteiger charge is -2.07. The number of benzene rings is 1. The van der Waals surface area contributed by atoms with Crippen molar-refractivity contribution in [1.29, 1.82) is 0 Å². The molecule has 0 unspecified atom stereocenters. The fourth-order valence-electron chi connectivity index (χ4n) is 1.14. The zero-order chi connectivity index (χ0) is 11.8. The van der Waals surface area contributed by atoms with Crippen LogP contribution in [-0.2, 0) is 9.53 Å². The predicted molar refractivity (Wildman–Crippen MR) is 61.5 cm³/mol. The smallest absolute Gasteiger partial charge is 0.250 e. The van der Waals surface area contributed by atoms with Gasteiger partial charge in [-0.3, -0.25) is 4.79 Å². The molecule has 16 heavy (non-hydrogen) atoms. The van der Waals surface area contributed by atoms with Crippen molar-refractivity contribution in [2.75, 3.05) is 32.2 Å². The molecular formula is C11H16N2O3. The Morgan fingerprint density at radius 3 is 2.62 bits per heavy atom. The average molecular weight is 224 g/mol. The van der Waals surface area contributed by atoms with Gasteiger partial charge in [-0.05, 0) is 24.3 Å². The van der Waals surface area contributed by atoms with Crippen molar-refractivity contribution in [1.82, 2.24) is 0 Å². The van der Waals surface area contributed by atoms with Gasteiger partial charge >= 0.3 is 0 Å². The van der Waals surface area contributed by atoms with Crippen LogP contribution in [0.3, 0.4) is 0 Å². The van der Waals surface area contributed by atoms with Crippen LogP contribution in [0.1, 0.15) is 0 Å². The third-order valence-corrected chi connectivity index (χ3v) is 1.80. The maximum absolute atomic E-state index is 11.2. The second kappa shape index (κ2) is 6.81. The summed E-state index contributed by atoms with van der Waals surface area (Å²) in [5, 5.41) is 2.68. The number of ether oxygens (including phenoxy) is 2. The van der Waals surface area contributed by atoms with Crippen LogP contribution >= 0.6 is 0 Å². The van der Waals surface area contributed by atoms with Crippen LogP contribution < -0.4 is 15.8 Å². The number of rotatable bonds is 6. The van der Waals surface area contributed by atoms with Crippen LogP contribution in [-0.4, -0.2) is 32.8 Å². The molecule has 1 amide bonds. The minimum atomic E-state index is -0.182. The number of amides is 1. The summed E-state index contributed by atoms with van der Waals surface area (Å²) in [5.74, 6) is 0.549. The van der Waals surface area contributed by atoms with Crippen LogP contribution in [0.25, 0.3) is 0 Å². The van der Waals surface area contributed by atoms with E-state index >= 15 is 0 Å². The Kier molecular flexibility index (Phi) is 5.31. The number of anilines is 1. The highest BCUT2D eigenvalue weighted by molar-refractivity contribution is 5.91. The number of carbonyl (C=O) groups excluding carboxylic acids is 1. The summed E-state index contributed by atoms with van der Waals surface area (Å²) in [4.78, 5) is 11.2. The number of nitrogens with two attached hydrogens (primary N) is 1. The number of nitrogens with one attached hydrogen (secondary N) is 1. The van der Waals surface area contributed by atoms with Crippen molar-refractivity contribution >= 4 is 11.6 Å². The summed E-state index contributed by atoms with van der Waals surface area (Å²) in [6, 6.07) is 7.08. The average Bonchev–Trinajstić information content (AvgIpc) is 2.28. The van der Waals surface area contributed by atoms with Crippen molar-refractivity contribution in [3.8, 4) is 5.75 Å². The first-order valence-electron chi connectivity index (χ1n) is 4.98. The lowest BCUT2D eigenvalue weighted by atomic mass is 10.3. The number of methoxy groups -OCH3 is 1. The van der Waals surface area contributed by atoms with E-state index in [0.29, 0.717) is 18.8 Å². The molecule has 0 atom stereocenters. The molecule has 0 fully saturated rings. The Balaban J connectivity index is 2.47. The van der Waals surface area contributed by atoms with Crippen molar-refractivity contribution in [2.45, 2.75) is 0 Å². The van der Waals surface area contributed by atoms with E-state index in [4.69, 9.17) is 15.2 Å². The lowest BCUT2D eigenvalue weighted by molar-refractivity contribution is -0.119. The largest absolute Gasteiger partial charge is 0.492 e. The molecule has 5 heteroatoms. The highest BCUT2D eigenvalue weighted by atomic mass is 16.5. The van der Waals surface area contributed by atoms with E-state index < -0.39 is 0 Å². The molecule has 0 bridgehead atoms. The van der Waals surface area contributed by atoms with Gasteiger partial charge in [-0.25, -0.2) is 0 Å². The molecule has 0 aliphatic heterocycles. The summed E-state index contributed by atoms with van der Waals surface area (Å²) in [6.07, 6.45) is 0. The van der Waals surface area contributed by atoms with Crippen molar-refractivity contribution in [3.63, 3.8) is 0 Å². The summed E-state index contributed by atoms with van der Waals surface area (Å²) in [5.41, 5.74) is 6.02. The molecular weight excluding hydrogens is 208 g/mol. The van der Waals surface area contributed by atoms with Gasteiger partial charge in [0.05, 0.1) is 0 Å². The van der Waals surface area contributed by atoms with Crippen molar-refractivity contribution < 1.29 is 14.3 Å². The van der Waals surface area contributed by atoms with Gasteiger partial charge in [0.25, 0.3) is 0 Å². The molecule has 88 valence electrons. The number of carbonyl (C=O) groups is 1. The normalized spacial score (nSPS) is 9.88. The molecule has 0 heterocycles. The second-order valence-corrected chi connectivity index (χ2v) is 3.14. The van der Waals surface area contributed by atoms with Crippen LogP contribution in [0, 0.1) is 0 Å². The van der Waals surface area contributed by atoms with Gasteiger partial charge in [-0.1, -0.05) is 0 Å². The zero-order valence-corrected chi connectivity index (χ0v) is 9.23. The second-order valence-electron chi connectivity index (χ2n) is 3.14. The molecule has 5 nitrogen and oxygen atoms in total. The number of hydrogen-bond acceptors (Lipinski definition) is 4. The molecule has 0 saturated carbocycles. The van der Waals surface area contributed by atoms with Gasteiger partial charge in [0, 0.05) is 19.3 Å². The van der Waals surface area contributed by atoms with Crippen LogP contribution in [0.15, 0.2) is 24.3 Å². The topological polar surface area (TPSA) is 73.6 Å². The highest BCUT2D eigenvalue weighted by Gasteiger charge is 2.01. The maximum Gasteiger partial charge on any atom is 0.250 e. The summed E-state index contributed by atoms with van der Waals surface area (Å²) < 4.78 is 10.0. The van der Waals surface area contributed by atoms with Crippen molar-refractivity contribution in [3.05, 3.63) is 24.3 Å². The van der Waals surface area contributed by atoms with Gasteiger partial charge in [-0.15, -0.1) is 0 Å². The van der Waals surface area contributed by atoms with E-state index in [1.165, 1.54) is 7.11 Å². The third kappa shape index (κ3) is 4.29. The first kappa shape index (κ1) is 12.5. The van der Waals surface area contributed by atoms with E-state index in [-0.39, 0.29) is 12.5 Å². The van der Waals surface area contributed by atoms with Gasteiger partial charge in [0.15, 0.2) is 0 Å². The van der Waals surface area contributed by atoms with Gasteiger partial charge in [0.1, 0.15) is 19.0 Å². The first-order chi connectivity index (χ1) is 7.76. The fourth-order valence-corrected chi connectivity index (χ4v) is 1.14. The molecule has 1 aromatic rings. The predicted octanol–water partition coefficient (Wildman–Crippen LogP) is 0.609.